The molecule has 4 saturated carbocycles. The molecule has 2 unspecified atom stereocenters. The SMILES string of the molecule is Cc1cc(Br)ccc1NC(=O)COC(=O)C12C[C@@H]3C[C@@H](CC(O)(C3)C1)C2. The third-order valence-electron chi connectivity index (χ3n) is 6.26. The van der Waals surface area contributed by atoms with Crippen LogP contribution in [0.15, 0.2) is 22.7 Å². The van der Waals surface area contributed by atoms with E-state index in [1.165, 1.54) is 0 Å². The van der Waals surface area contributed by atoms with Gasteiger partial charge in [-0.3, -0.25) is 9.59 Å². The molecule has 4 aliphatic rings. The lowest BCUT2D eigenvalue weighted by Gasteiger charge is -2.58. The molecule has 0 saturated heterocycles. The predicted molar refractivity (Wildman–Crippen MR) is 101 cm³/mol. The van der Waals surface area contributed by atoms with Gasteiger partial charge in [-0.2, -0.15) is 0 Å². The predicted octanol–water partition coefficient (Wildman–Crippen LogP) is 3.57. The van der Waals surface area contributed by atoms with Crippen LogP contribution >= 0.6 is 15.9 Å². The van der Waals surface area contributed by atoms with Gasteiger partial charge in [0.15, 0.2) is 6.61 Å². The van der Waals surface area contributed by atoms with Crippen LogP contribution < -0.4 is 5.32 Å². The molecule has 140 valence electrons. The number of amides is 1. The number of esters is 1. The molecule has 0 aliphatic heterocycles. The average Bonchev–Trinajstić information content (AvgIpc) is 2.53. The fraction of sp³-hybridized carbons (Fsp3) is 0.600. The minimum Gasteiger partial charge on any atom is -0.455 e. The van der Waals surface area contributed by atoms with Crippen molar-refractivity contribution in [2.75, 3.05) is 11.9 Å². The molecule has 5 rings (SSSR count). The molecule has 26 heavy (non-hydrogen) atoms. The second-order valence-electron chi connectivity index (χ2n) is 8.55. The highest BCUT2D eigenvalue weighted by molar-refractivity contribution is 9.10. The maximum absolute atomic E-state index is 12.8. The first-order valence-electron chi connectivity index (χ1n) is 9.23. The van der Waals surface area contributed by atoms with E-state index in [4.69, 9.17) is 4.74 Å². The Morgan fingerprint density at radius 1 is 1.27 bits per heavy atom. The van der Waals surface area contributed by atoms with Gasteiger partial charge in [0.1, 0.15) is 0 Å². The lowest BCUT2D eigenvalue weighted by atomic mass is 9.48. The van der Waals surface area contributed by atoms with Crippen LogP contribution in [0, 0.1) is 24.2 Å². The molecule has 5 nitrogen and oxygen atoms in total. The fourth-order valence-corrected chi connectivity index (χ4v) is 6.17. The summed E-state index contributed by atoms with van der Waals surface area (Å²) in [5, 5.41) is 13.5. The molecule has 4 bridgehead atoms. The smallest absolute Gasteiger partial charge is 0.312 e. The van der Waals surface area contributed by atoms with Crippen LogP contribution in [-0.2, 0) is 14.3 Å². The fourth-order valence-electron chi connectivity index (χ4n) is 5.69. The molecule has 4 aliphatic carbocycles. The normalized spacial score (nSPS) is 34.6. The Hall–Kier alpha value is -1.40. The van der Waals surface area contributed by atoms with Gasteiger partial charge in [-0.15, -0.1) is 0 Å². The standard InChI is InChI=1S/C20H24BrNO4/c1-12-4-15(21)2-3-16(12)22-17(23)10-26-18(24)19-6-13-5-14(7-19)9-20(25,8-13)11-19/h2-4,13-14,25H,5-11H2,1H3,(H,22,23)/t13-,14+,19?,20?. The maximum Gasteiger partial charge on any atom is 0.312 e. The second-order valence-corrected chi connectivity index (χ2v) is 9.46. The van der Waals surface area contributed by atoms with E-state index >= 15 is 0 Å². The van der Waals surface area contributed by atoms with Gasteiger partial charge in [-0.1, -0.05) is 15.9 Å². The molecule has 4 fully saturated rings. The van der Waals surface area contributed by atoms with Gasteiger partial charge in [-0.25, -0.2) is 0 Å². The largest absolute Gasteiger partial charge is 0.455 e. The van der Waals surface area contributed by atoms with Crippen molar-refractivity contribution in [2.45, 2.75) is 51.0 Å². The number of nitrogens with one attached hydrogen (secondary N) is 1. The molecule has 0 heterocycles. The van der Waals surface area contributed by atoms with Crippen LogP contribution in [0.25, 0.3) is 0 Å². The molecular weight excluding hydrogens is 398 g/mol. The molecular formula is C20H24BrNO4. The molecule has 6 heteroatoms. The lowest BCUT2D eigenvalue weighted by Crippen LogP contribution is -2.58. The van der Waals surface area contributed by atoms with Gasteiger partial charge >= 0.3 is 5.97 Å². The third-order valence-corrected chi connectivity index (χ3v) is 6.75. The van der Waals surface area contributed by atoms with E-state index in [-0.39, 0.29) is 18.5 Å². The van der Waals surface area contributed by atoms with E-state index in [2.05, 4.69) is 21.2 Å². The van der Waals surface area contributed by atoms with Gasteiger partial charge in [0, 0.05) is 10.2 Å². The number of carbonyl (C=O) groups excluding carboxylic acids is 2. The van der Waals surface area contributed by atoms with Crippen LogP contribution in [0.4, 0.5) is 5.69 Å². The van der Waals surface area contributed by atoms with Crippen molar-refractivity contribution in [2.24, 2.45) is 17.3 Å². The Kier molecular flexibility index (Phi) is 4.39. The molecule has 1 amide bonds. The summed E-state index contributed by atoms with van der Waals surface area (Å²) in [4.78, 5) is 25.0. The number of hydrogen-bond donors (Lipinski definition) is 2. The number of aryl methyl sites for hydroxylation is 1. The van der Waals surface area contributed by atoms with Crippen molar-refractivity contribution in [3.8, 4) is 0 Å². The summed E-state index contributed by atoms with van der Waals surface area (Å²) in [5.74, 6) is 0.168. The summed E-state index contributed by atoms with van der Waals surface area (Å²) < 4.78 is 6.34. The molecule has 1 aromatic rings. The zero-order valence-electron chi connectivity index (χ0n) is 14.9. The highest BCUT2D eigenvalue weighted by Gasteiger charge is 2.60. The second kappa shape index (κ2) is 6.34. The van der Waals surface area contributed by atoms with Crippen LogP contribution in [0.5, 0.6) is 0 Å². The molecule has 0 radical (unpaired) electrons. The number of halogens is 1. The van der Waals surface area contributed by atoms with Gasteiger partial charge in [0.05, 0.1) is 11.0 Å². The summed E-state index contributed by atoms with van der Waals surface area (Å²) in [7, 11) is 0. The van der Waals surface area contributed by atoms with Crippen LogP contribution in [0.2, 0.25) is 0 Å². The Bertz CT molecular complexity index is 748. The Labute approximate surface area is 161 Å². The van der Waals surface area contributed by atoms with Gasteiger partial charge in [-0.05, 0) is 81.0 Å². The summed E-state index contributed by atoms with van der Waals surface area (Å²) in [6.45, 7) is 1.62. The minimum atomic E-state index is -0.708. The summed E-state index contributed by atoms with van der Waals surface area (Å²) in [5.41, 5.74) is 0.340. The monoisotopic (exact) mass is 421 g/mol. The summed E-state index contributed by atoms with van der Waals surface area (Å²) in [6, 6.07) is 5.58. The van der Waals surface area contributed by atoms with E-state index in [0.29, 0.717) is 23.9 Å². The van der Waals surface area contributed by atoms with Crippen molar-refractivity contribution < 1.29 is 19.4 Å². The lowest BCUT2D eigenvalue weighted by molar-refractivity contribution is -0.196. The average molecular weight is 422 g/mol. The van der Waals surface area contributed by atoms with Crippen molar-refractivity contribution in [1.82, 2.24) is 0 Å². The Morgan fingerprint density at radius 3 is 2.58 bits per heavy atom. The van der Waals surface area contributed by atoms with E-state index < -0.39 is 11.0 Å². The topological polar surface area (TPSA) is 75.6 Å². The molecule has 0 spiro atoms. The van der Waals surface area contributed by atoms with Crippen LogP contribution in [0.1, 0.15) is 44.1 Å². The molecule has 0 aromatic heterocycles. The zero-order valence-corrected chi connectivity index (χ0v) is 16.5. The van der Waals surface area contributed by atoms with E-state index in [0.717, 1.165) is 42.1 Å². The summed E-state index contributed by atoms with van der Waals surface area (Å²) >= 11 is 3.39. The maximum atomic E-state index is 12.8. The van der Waals surface area contributed by atoms with Crippen molar-refractivity contribution in [3.63, 3.8) is 0 Å². The number of hydrogen-bond acceptors (Lipinski definition) is 4. The first-order chi connectivity index (χ1) is 12.3. The van der Waals surface area contributed by atoms with Crippen molar-refractivity contribution in [1.29, 1.82) is 0 Å². The number of ether oxygens (including phenoxy) is 1. The third kappa shape index (κ3) is 3.29. The highest BCUT2D eigenvalue weighted by Crippen LogP contribution is 2.61. The highest BCUT2D eigenvalue weighted by atomic mass is 79.9. The molecule has 2 N–H and O–H groups in total. The van der Waals surface area contributed by atoms with E-state index in [1.54, 1.807) is 0 Å². The van der Waals surface area contributed by atoms with Gasteiger partial charge < -0.3 is 15.2 Å². The number of benzene rings is 1. The number of carbonyl (C=O) groups is 2. The quantitative estimate of drug-likeness (QED) is 0.728. The van der Waals surface area contributed by atoms with Gasteiger partial charge in [0.2, 0.25) is 0 Å². The number of aliphatic hydroxyl groups is 1. The Morgan fingerprint density at radius 2 is 1.96 bits per heavy atom. The minimum absolute atomic E-state index is 0.288. The Balaban J connectivity index is 1.37. The van der Waals surface area contributed by atoms with E-state index in [9.17, 15) is 14.7 Å². The van der Waals surface area contributed by atoms with Crippen LogP contribution in [0.3, 0.4) is 0 Å². The molecule has 1 aromatic carbocycles. The van der Waals surface area contributed by atoms with E-state index in [1.807, 2.05) is 25.1 Å². The zero-order chi connectivity index (χ0) is 18.5. The first kappa shape index (κ1) is 18.0. The molecule has 4 atom stereocenters. The number of anilines is 1. The van der Waals surface area contributed by atoms with Crippen molar-refractivity contribution in [3.05, 3.63) is 28.2 Å². The summed E-state index contributed by atoms with van der Waals surface area (Å²) in [6.07, 6.45) is 4.79. The van der Waals surface area contributed by atoms with Gasteiger partial charge in [0.25, 0.3) is 5.91 Å². The van der Waals surface area contributed by atoms with Crippen LogP contribution in [-0.4, -0.2) is 29.2 Å². The van der Waals surface area contributed by atoms with Crippen molar-refractivity contribution >= 4 is 33.5 Å². The number of rotatable bonds is 4. The first-order valence-corrected chi connectivity index (χ1v) is 10.0.